The Morgan fingerprint density at radius 1 is 0.743 bits per heavy atom. The number of hydrogen-bond acceptors (Lipinski definition) is 3. The summed E-state index contributed by atoms with van der Waals surface area (Å²) in [6.45, 7) is 6.85. The van der Waals surface area contributed by atoms with E-state index in [1.165, 1.54) is 10.4 Å². The maximum absolute atomic E-state index is 7.40. The number of aromatic nitrogens is 1. The van der Waals surface area contributed by atoms with Crippen LogP contribution in [0.1, 0.15) is 20.8 Å². The molecule has 1 heterocycles. The Morgan fingerprint density at radius 2 is 1.37 bits per heavy atom. The van der Waals surface area contributed by atoms with Gasteiger partial charge in [-0.1, -0.05) is 93.0 Å². The Hall–Kier alpha value is -3.34. The molecule has 1 aromatic heterocycles. The highest BCUT2D eigenvalue weighted by Crippen LogP contribution is 2.42. The van der Waals surface area contributed by atoms with Gasteiger partial charge in [-0.15, -0.1) is 0 Å². The van der Waals surface area contributed by atoms with Crippen molar-refractivity contribution < 1.29 is 9.16 Å². The second-order valence-electron chi connectivity index (χ2n) is 9.76. The molecule has 0 amide bonds. The number of methoxy groups -OCH3 is 1. The van der Waals surface area contributed by atoms with E-state index in [0.29, 0.717) is 5.15 Å². The van der Waals surface area contributed by atoms with Crippen LogP contribution in [0.15, 0.2) is 97.1 Å². The molecule has 0 N–H and O–H groups in total. The van der Waals surface area contributed by atoms with Crippen LogP contribution < -0.4 is 19.5 Å². The van der Waals surface area contributed by atoms with E-state index in [4.69, 9.17) is 20.8 Å². The van der Waals surface area contributed by atoms with E-state index < -0.39 is 8.32 Å². The Kier molecular flexibility index (Phi) is 6.03. The molecule has 0 aliphatic heterocycles. The standard InChI is InChI=1S/C30H28ClNO2Si/c1-30(2,3)35(23-11-7-5-8-12-23,24-13-9-6-10-14-24)34-27-19-21-15-18-28(31)32-29(21)26-20-22(33-4)16-17-25(26)27/h5-20H,1-4H3. The van der Waals surface area contributed by atoms with Gasteiger partial charge in [0.2, 0.25) is 0 Å². The van der Waals surface area contributed by atoms with Crippen LogP contribution in [-0.4, -0.2) is 20.4 Å². The van der Waals surface area contributed by atoms with Crippen molar-refractivity contribution in [3.63, 3.8) is 0 Å². The molecule has 5 rings (SSSR count). The number of pyridine rings is 1. The molecule has 0 aliphatic carbocycles. The number of halogens is 1. The molecule has 4 aromatic carbocycles. The largest absolute Gasteiger partial charge is 0.534 e. The van der Waals surface area contributed by atoms with E-state index in [0.717, 1.165) is 33.2 Å². The van der Waals surface area contributed by atoms with Crippen LogP contribution in [0.4, 0.5) is 0 Å². The molecule has 35 heavy (non-hydrogen) atoms. The summed E-state index contributed by atoms with van der Waals surface area (Å²) in [6, 6.07) is 33.3. The lowest BCUT2D eigenvalue weighted by Crippen LogP contribution is -2.68. The zero-order chi connectivity index (χ0) is 24.6. The Balaban J connectivity index is 1.85. The molecule has 5 heteroatoms. The summed E-state index contributed by atoms with van der Waals surface area (Å²) >= 11 is 6.29. The third-order valence-corrected chi connectivity index (χ3v) is 11.7. The zero-order valence-electron chi connectivity index (χ0n) is 20.4. The summed E-state index contributed by atoms with van der Waals surface area (Å²) < 4.78 is 12.9. The molecule has 0 fully saturated rings. The van der Waals surface area contributed by atoms with Crippen molar-refractivity contribution in [2.45, 2.75) is 25.8 Å². The fraction of sp³-hybridized carbons (Fsp3) is 0.167. The van der Waals surface area contributed by atoms with Gasteiger partial charge in [0.05, 0.1) is 12.6 Å². The maximum atomic E-state index is 7.40. The summed E-state index contributed by atoms with van der Waals surface area (Å²) in [5, 5.41) is 5.69. The SMILES string of the molecule is COc1ccc2c(O[Si](c3ccccc3)(c3ccccc3)C(C)(C)C)cc3ccc(Cl)nc3c2c1. The average Bonchev–Trinajstić information content (AvgIpc) is 2.87. The number of nitrogens with zero attached hydrogens (tertiary/aromatic N) is 1. The predicted molar refractivity (Wildman–Crippen MR) is 149 cm³/mol. The van der Waals surface area contributed by atoms with Crippen LogP contribution in [0.3, 0.4) is 0 Å². The minimum absolute atomic E-state index is 0.151. The van der Waals surface area contributed by atoms with Crippen molar-refractivity contribution in [2.24, 2.45) is 0 Å². The van der Waals surface area contributed by atoms with Crippen LogP contribution in [-0.2, 0) is 0 Å². The Morgan fingerprint density at radius 3 is 1.94 bits per heavy atom. The normalized spacial score (nSPS) is 12.1. The Bertz CT molecular complexity index is 1460. The van der Waals surface area contributed by atoms with Gasteiger partial charge in [0.1, 0.15) is 16.7 Å². The van der Waals surface area contributed by atoms with Gasteiger partial charge in [0, 0.05) is 16.2 Å². The lowest BCUT2D eigenvalue weighted by atomic mass is 10.0. The average molecular weight is 498 g/mol. The first kappa shape index (κ1) is 23.4. The van der Waals surface area contributed by atoms with E-state index in [1.807, 2.05) is 24.3 Å². The number of fused-ring (bicyclic) bond motifs is 3. The number of benzene rings is 4. The summed E-state index contributed by atoms with van der Waals surface area (Å²) in [7, 11) is -1.13. The molecule has 0 atom stereocenters. The summed E-state index contributed by atoms with van der Waals surface area (Å²) in [5.41, 5.74) is 0.834. The molecule has 0 spiro atoms. The fourth-order valence-corrected chi connectivity index (χ4v) is 9.53. The number of rotatable bonds is 5. The number of ether oxygens (including phenoxy) is 1. The van der Waals surface area contributed by atoms with Gasteiger partial charge in [0.15, 0.2) is 0 Å². The van der Waals surface area contributed by atoms with Crippen molar-refractivity contribution >= 4 is 52.0 Å². The molecule has 0 aliphatic rings. The first-order chi connectivity index (χ1) is 16.8. The maximum Gasteiger partial charge on any atom is 0.319 e. The highest BCUT2D eigenvalue weighted by molar-refractivity contribution is 7.00. The highest BCUT2D eigenvalue weighted by atomic mass is 35.5. The third kappa shape index (κ3) is 4.07. The third-order valence-electron chi connectivity index (χ3n) is 6.61. The van der Waals surface area contributed by atoms with Crippen LogP contribution in [0.25, 0.3) is 21.7 Å². The minimum Gasteiger partial charge on any atom is -0.534 e. The summed E-state index contributed by atoms with van der Waals surface area (Å²) in [6.07, 6.45) is 0. The van der Waals surface area contributed by atoms with Crippen LogP contribution in [0, 0.1) is 0 Å². The van der Waals surface area contributed by atoms with E-state index in [-0.39, 0.29) is 5.04 Å². The second kappa shape index (κ2) is 9.03. The van der Waals surface area contributed by atoms with E-state index >= 15 is 0 Å². The van der Waals surface area contributed by atoms with Crippen molar-refractivity contribution in [1.29, 1.82) is 0 Å². The van der Waals surface area contributed by atoms with Gasteiger partial charge < -0.3 is 9.16 Å². The highest BCUT2D eigenvalue weighted by Gasteiger charge is 2.52. The lowest BCUT2D eigenvalue weighted by Gasteiger charge is -2.43. The van der Waals surface area contributed by atoms with Gasteiger partial charge in [-0.25, -0.2) is 4.98 Å². The van der Waals surface area contributed by atoms with Crippen molar-refractivity contribution in [3.8, 4) is 11.5 Å². The zero-order valence-corrected chi connectivity index (χ0v) is 22.1. The Labute approximate surface area is 212 Å². The summed E-state index contributed by atoms with van der Waals surface area (Å²) in [4.78, 5) is 4.65. The number of hydrogen-bond donors (Lipinski definition) is 0. The van der Waals surface area contributed by atoms with E-state index in [2.05, 4.69) is 98.6 Å². The predicted octanol–water partition coefficient (Wildman–Crippen LogP) is 6.99. The molecule has 5 aromatic rings. The first-order valence-corrected chi connectivity index (χ1v) is 14.0. The molecule has 0 bridgehead atoms. The topological polar surface area (TPSA) is 31.4 Å². The molecular weight excluding hydrogens is 470 g/mol. The minimum atomic E-state index is -2.81. The van der Waals surface area contributed by atoms with E-state index in [1.54, 1.807) is 7.11 Å². The smallest absolute Gasteiger partial charge is 0.319 e. The van der Waals surface area contributed by atoms with Crippen LogP contribution in [0.5, 0.6) is 11.5 Å². The van der Waals surface area contributed by atoms with E-state index in [9.17, 15) is 0 Å². The van der Waals surface area contributed by atoms with Crippen LogP contribution in [0.2, 0.25) is 10.2 Å². The van der Waals surface area contributed by atoms with Gasteiger partial charge in [-0.3, -0.25) is 0 Å². The van der Waals surface area contributed by atoms with Gasteiger partial charge in [-0.05, 0) is 51.8 Å². The molecule has 3 nitrogen and oxygen atoms in total. The molecule has 0 radical (unpaired) electrons. The van der Waals surface area contributed by atoms with Crippen molar-refractivity contribution in [2.75, 3.05) is 7.11 Å². The monoisotopic (exact) mass is 497 g/mol. The first-order valence-electron chi connectivity index (χ1n) is 11.7. The van der Waals surface area contributed by atoms with Crippen molar-refractivity contribution in [1.82, 2.24) is 4.98 Å². The molecule has 0 unspecified atom stereocenters. The fourth-order valence-electron chi connectivity index (χ4n) is 4.96. The van der Waals surface area contributed by atoms with Gasteiger partial charge in [-0.2, -0.15) is 0 Å². The molecular formula is C30H28ClNO2Si. The van der Waals surface area contributed by atoms with Gasteiger partial charge in [0.25, 0.3) is 0 Å². The molecule has 176 valence electrons. The molecule has 0 saturated heterocycles. The van der Waals surface area contributed by atoms with Crippen molar-refractivity contribution in [3.05, 3.63) is 102 Å². The molecule has 0 saturated carbocycles. The van der Waals surface area contributed by atoms with Crippen LogP contribution >= 0.6 is 11.6 Å². The summed E-state index contributed by atoms with van der Waals surface area (Å²) in [5.74, 6) is 1.61. The van der Waals surface area contributed by atoms with Gasteiger partial charge >= 0.3 is 8.32 Å². The second-order valence-corrected chi connectivity index (χ2v) is 14.4. The lowest BCUT2D eigenvalue weighted by molar-refractivity contribution is 0.415. The quantitative estimate of drug-likeness (QED) is 0.149.